The minimum absolute atomic E-state index is 0. The number of terminal acetylenes is 1. The highest BCUT2D eigenvalue weighted by atomic mass is 127. The van der Waals surface area contributed by atoms with Crippen LogP contribution in [0, 0.1) is 26.2 Å². The van der Waals surface area contributed by atoms with Gasteiger partial charge in [0, 0.05) is 31.4 Å². The molecule has 0 saturated carbocycles. The summed E-state index contributed by atoms with van der Waals surface area (Å²) in [5, 5.41) is 7.83. The Kier molecular flexibility index (Phi) is 10.8. The summed E-state index contributed by atoms with van der Waals surface area (Å²) in [6.07, 6.45) is 6.99. The fourth-order valence-electron chi connectivity index (χ4n) is 2.36. The molecular formula is C20H27IN4OS. The lowest BCUT2D eigenvalue weighted by atomic mass is 10.1. The van der Waals surface area contributed by atoms with E-state index in [1.165, 1.54) is 10.4 Å². The minimum Gasteiger partial charge on any atom is -0.481 e. The van der Waals surface area contributed by atoms with Crippen molar-refractivity contribution in [2.24, 2.45) is 4.99 Å². The van der Waals surface area contributed by atoms with Gasteiger partial charge in [0.15, 0.2) is 5.96 Å². The lowest BCUT2D eigenvalue weighted by molar-refractivity contribution is 0.370. The molecule has 0 aliphatic rings. The van der Waals surface area contributed by atoms with Gasteiger partial charge in [-0.2, -0.15) is 0 Å². The van der Waals surface area contributed by atoms with Gasteiger partial charge in [-0.1, -0.05) is 18.1 Å². The van der Waals surface area contributed by atoms with Gasteiger partial charge in [-0.25, -0.2) is 4.98 Å². The zero-order chi connectivity index (χ0) is 18.8. The van der Waals surface area contributed by atoms with Gasteiger partial charge >= 0.3 is 0 Å². The number of nitrogens with one attached hydrogen (secondary N) is 2. The van der Waals surface area contributed by atoms with E-state index >= 15 is 0 Å². The van der Waals surface area contributed by atoms with Crippen molar-refractivity contribution in [3.05, 3.63) is 45.4 Å². The molecular weight excluding hydrogens is 471 g/mol. The Morgan fingerprint density at radius 1 is 1.19 bits per heavy atom. The fourth-order valence-corrected chi connectivity index (χ4v) is 3.29. The highest BCUT2D eigenvalue weighted by Gasteiger charge is 2.04. The fraction of sp³-hybridized carbons (Fsp3) is 0.400. The summed E-state index contributed by atoms with van der Waals surface area (Å²) in [5.74, 6) is 4.06. The summed E-state index contributed by atoms with van der Waals surface area (Å²) in [4.78, 5) is 10.1. The highest BCUT2D eigenvalue weighted by molar-refractivity contribution is 14.0. The molecule has 0 fully saturated rings. The van der Waals surface area contributed by atoms with E-state index in [4.69, 9.17) is 11.2 Å². The Morgan fingerprint density at radius 3 is 2.41 bits per heavy atom. The molecule has 5 nitrogen and oxygen atoms in total. The van der Waals surface area contributed by atoms with Crippen LogP contribution in [0.4, 0.5) is 0 Å². The number of aryl methyl sites for hydroxylation is 2. The smallest absolute Gasteiger partial charge is 0.191 e. The molecule has 2 aromatic rings. The lowest BCUT2D eigenvalue weighted by Gasteiger charge is -2.11. The van der Waals surface area contributed by atoms with Crippen LogP contribution in [0.2, 0.25) is 0 Å². The molecule has 0 spiro atoms. The van der Waals surface area contributed by atoms with Gasteiger partial charge in [0.05, 0.1) is 10.7 Å². The highest BCUT2D eigenvalue weighted by Crippen LogP contribution is 2.16. The summed E-state index contributed by atoms with van der Waals surface area (Å²) in [5.41, 5.74) is 2.36. The predicted octanol–water partition coefficient (Wildman–Crippen LogP) is 3.34. The van der Waals surface area contributed by atoms with Crippen molar-refractivity contribution in [3.8, 4) is 18.1 Å². The molecule has 1 aromatic carbocycles. The molecule has 1 aromatic heterocycles. The molecule has 146 valence electrons. The SMILES string of the molecule is C#CCOc1ccc(CCNC(=NC)NCCc2nc(C)c(C)s2)cc1.I. The van der Waals surface area contributed by atoms with Crippen LogP contribution in [0.15, 0.2) is 29.3 Å². The zero-order valence-electron chi connectivity index (χ0n) is 16.0. The quantitative estimate of drug-likeness (QED) is 0.254. The van der Waals surface area contributed by atoms with Crippen LogP contribution in [0.25, 0.3) is 0 Å². The largest absolute Gasteiger partial charge is 0.481 e. The maximum absolute atomic E-state index is 5.37. The van der Waals surface area contributed by atoms with Crippen molar-refractivity contribution in [2.45, 2.75) is 26.7 Å². The number of ether oxygens (including phenoxy) is 1. The number of aliphatic imine (C=N–C) groups is 1. The van der Waals surface area contributed by atoms with Gasteiger partial charge in [0.25, 0.3) is 0 Å². The van der Waals surface area contributed by atoms with Crippen molar-refractivity contribution in [1.82, 2.24) is 15.6 Å². The molecule has 0 atom stereocenters. The number of aromatic nitrogens is 1. The second-order valence-electron chi connectivity index (χ2n) is 5.81. The molecule has 2 N–H and O–H groups in total. The molecule has 0 saturated heterocycles. The summed E-state index contributed by atoms with van der Waals surface area (Å²) < 4.78 is 5.37. The third-order valence-electron chi connectivity index (χ3n) is 3.88. The van der Waals surface area contributed by atoms with Gasteiger partial charge in [0.2, 0.25) is 0 Å². The van der Waals surface area contributed by atoms with E-state index in [1.807, 2.05) is 12.1 Å². The first-order chi connectivity index (χ1) is 12.6. The maximum atomic E-state index is 5.37. The molecule has 0 aliphatic carbocycles. The summed E-state index contributed by atoms with van der Waals surface area (Å²) in [6.45, 7) is 6.07. The third kappa shape index (κ3) is 8.18. The van der Waals surface area contributed by atoms with Crippen LogP contribution in [-0.4, -0.2) is 37.7 Å². The number of guanidine groups is 1. The first kappa shape index (κ1) is 23.2. The van der Waals surface area contributed by atoms with E-state index in [9.17, 15) is 0 Å². The van der Waals surface area contributed by atoms with E-state index in [0.717, 1.165) is 48.3 Å². The number of hydrogen-bond acceptors (Lipinski definition) is 4. The van der Waals surface area contributed by atoms with Gasteiger partial charge < -0.3 is 15.4 Å². The third-order valence-corrected chi connectivity index (χ3v) is 5.01. The standard InChI is InChI=1S/C20H26N4OS.HI/c1-5-14-25-18-8-6-17(7-9-18)10-12-22-20(21-4)23-13-11-19-24-15(2)16(3)26-19;/h1,6-9H,10-14H2,2-4H3,(H2,21,22,23);1H. The maximum Gasteiger partial charge on any atom is 0.191 e. The predicted molar refractivity (Wildman–Crippen MR) is 125 cm³/mol. The Hall–Kier alpha value is -1.79. The van der Waals surface area contributed by atoms with Gasteiger partial charge in [-0.05, 0) is 38.0 Å². The molecule has 27 heavy (non-hydrogen) atoms. The first-order valence-electron chi connectivity index (χ1n) is 8.65. The van der Waals surface area contributed by atoms with Gasteiger partial charge in [-0.3, -0.25) is 4.99 Å². The topological polar surface area (TPSA) is 58.5 Å². The molecule has 0 amide bonds. The van der Waals surface area contributed by atoms with Gasteiger partial charge in [0.1, 0.15) is 12.4 Å². The number of nitrogens with zero attached hydrogens (tertiary/aromatic N) is 2. The van der Waals surface area contributed by atoms with Gasteiger partial charge in [-0.15, -0.1) is 41.7 Å². The van der Waals surface area contributed by atoms with Crippen molar-refractivity contribution in [2.75, 3.05) is 26.7 Å². The van der Waals surface area contributed by atoms with Crippen molar-refractivity contribution in [1.29, 1.82) is 0 Å². The Bertz CT molecular complexity index is 746. The number of thiazole rings is 1. The first-order valence-corrected chi connectivity index (χ1v) is 9.46. The lowest BCUT2D eigenvalue weighted by Crippen LogP contribution is -2.39. The van der Waals surface area contributed by atoms with Crippen LogP contribution in [0.3, 0.4) is 0 Å². The van der Waals surface area contributed by atoms with E-state index in [2.05, 4.69) is 52.5 Å². The minimum atomic E-state index is 0. The van der Waals surface area contributed by atoms with Crippen LogP contribution in [0.5, 0.6) is 5.75 Å². The van der Waals surface area contributed by atoms with Crippen LogP contribution in [-0.2, 0) is 12.8 Å². The summed E-state index contributed by atoms with van der Waals surface area (Å²) >= 11 is 1.76. The molecule has 0 aliphatic heterocycles. The average Bonchev–Trinajstić information content (AvgIpc) is 2.97. The Morgan fingerprint density at radius 2 is 1.85 bits per heavy atom. The number of halogens is 1. The Balaban J connectivity index is 0.00000364. The van der Waals surface area contributed by atoms with Crippen molar-refractivity contribution >= 4 is 41.3 Å². The van der Waals surface area contributed by atoms with E-state index in [0.29, 0.717) is 6.61 Å². The molecule has 2 rings (SSSR count). The molecule has 1 heterocycles. The molecule has 7 heteroatoms. The second kappa shape index (κ2) is 12.6. The number of benzene rings is 1. The monoisotopic (exact) mass is 498 g/mol. The van der Waals surface area contributed by atoms with Crippen LogP contribution >= 0.6 is 35.3 Å². The van der Waals surface area contributed by atoms with E-state index in [-0.39, 0.29) is 24.0 Å². The average molecular weight is 498 g/mol. The van der Waals surface area contributed by atoms with E-state index in [1.54, 1.807) is 18.4 Å². The zero-order valence-corrected chi connectivity index (χ0v) is 19.2. The normalized spacial score (nSPS) is 10.7. The number of hydrogen-bond donors (Lipinski definition) is 2. The summed E-state index contributed by atoms with van der Waals surface area (Å²) in [7, 11) is 1.78. The van der Waals surface area contributed by atoms with E-state index < -0.39 is 0 Å². The van der Waals surface area contributed by atoms with Crippen molar-refractivity contribution in [3.63, 3.8) is 0 Å². The number of rotatable bonds is 8. The van der Waals surface area contributed by atoms with Crippen LogP contribution < -0.4 is 15.4 Å². The molecule has 0 bridgehead atoms. The van der Waals surface area contributed by atoms with Crippen molar-refractivity contribution < 1.29 is 4.74 Å². The second-order valence-corrected chi connectivity index (χ2v) is 7.10. The molecule has 0 unspecified atom stereocenters. The molecule has 0 radical (unpaired) electrons. The van der Waals surface area contributed by atoms with Crippen LogP contribution in [0.1, 0.15) is 21.1 Å². The Labute approximate surface area is 183 Å². The summed E-state index contributed by atoms with van der Waals surface area (Å²) in [6, 6.07) is 7.99.